The largest absolute Gasteiger partial charge is 0.456 e. The average molecular weight is 552 g/mol. The van der Waals surface area contributed by atoms with Crippen molar-refractivity contribution in [3.8, 4) is 11.1 Å². The number of para-hydroxylation sites is 1. The van der Waals surface area contributed by atoms with E-state index in [2.05, 4.69) is 103 Å². The first-order valence-electron chi connectivity index (χ1n) is 14.2. The Hall–Kier alpha value is -3.90. The van der Waals surface area contributed by atoms with Gasteiger partial charge in [-0.2, -0.15) is 0 Å². The van der Waals surface area contributed by atoms with Gasteiger partial charge in [-0.25, -0.2) is 0 Å². The summed E-state index contributed by atoms with van der Waals surface area (Å²) in [7, 11) is -0.893. The molecule has 0 unspecified atom stereocenters. The van der Waals surface area contributed by atoms with Crippen LogP contribution in [-0.2, 0) is 4.65 Å². The summed E-state index contributed by atoms with van der Waals surface area (Å²) in [6.07, 6.45) is 0. The SMILES string of the molecule is CC(C)(O)C(C)(C)O[B]c1ccc([Si]2(c3ccc4oc5ccccc5c4c3)c3ccccc3-c3ccccc32)cc1. The number of benzene rings is 5. The average Bonchev–Trinajstić information content (AvgIpc) is 3.49. The van der Waals surface area contributed by atoms with Crippen LogP contribution < -0.4 is 26.2 Å². The number of hydrogen-bond donors (Lipinski definition) is 1. The third-order valence-corrected chi connectivity index (χ3v) is 13.9. The first-order valence-corrected chi connectivity index (χ1v) is 16.2. The molecule has 0 atom stereocenters. The van der Waals surface area contributed by atoms with Crippen LogP contribution >= 0.6 is 0 Å². The molecule has 0 fully saturated rings. The van der Waals surface area contributed by atoms with Gasteiger partial charge in [-0.05, 0) is 71.7 Å². The monoisotopic (exact) mass is 551 g/mol. The molecule has 0 spiro atoms. The summed E-state index contributed by atoms with van der Waals surface area (Å²) >= 11 is 0. The van der Waals surface area contributed by atoms with E-state index in [1.54, 1.807) is 21.3 Å². The Kier molecular flexibility index (Phi) is 5.91. The molecule has 2 heterocycles. The van der Waals surface area contributed by atoms with Gasteiger partial charge in [0.15, 0.2) is 8.07 Å². The van der Waals surface area contributed by atoms with E-state index in [1.807, 2.05) is 26.0 Å². The molecule has 0 aliphatic carbocycles. The van der Waals surface area contributed by atoms with E-state index in [9.17, 15) is 5.11 Å². The van der Waals surface area contributed by atoms with Gasteiger partial charge in [0, 0.05) is 10.8 Å². The van der Waals surface area contributed by atoms with Gasteiger partial charge in [-0.1, -0.05) is 109 Å². The topological polar surface area (TPSA) is 42.6 Å². The smallest absolute Gasteiger partial charge is 0.330 e. The third-order valence-electron chi connectivity index (χ3n) is 9.07. The molecular formula is C36H32BO3Si. The molecule has 1 N–H and O–H groups in total. The summed E-state index contributed by atoms with van der Waals surface area (Å²) < 4.78 is 12.3. The van der Waals surface area contributed by atoms with E-state index < -0.39 is 19.3 Å². The molecule has 5 aromatic carbocycles. The van der Waals surface area contributed by atoms with E-state index in [0.29, 0.717) is 0 Å². The Balaban J connectivity index is 1.43. The molecule has 7 rings (SSSR count). The maximum absolute atomic E-state index is 10.5. The Bertz CT molecular complexity index is 1870. The van der Waals surface area contributed by atoms with Crippen molar-refractivity contribution in [3.05, 3.63) is 115 Å². The predicted octanol–water partition coefficient (Wildman–Crippen LogP) is 4.75. The highest BCUT2D eigenvalue weighted by Gasteiger charge is 2.48. The molecule has 0 bridgehead atoms. The van der Waals surface area contributed by atoms with Crippen molar-refractivity contribution in [2.45, 2.75) is 38.9 Å². The minimum Gasteiger partial charge on any atom is -0.456 e. The summed E-state index contributed by atoms with van der Waals surface area (Å²) in [6, 6.07) is 41.8. The number of rotatable bonds is 6. The lowest BCUT2D eigenvalue weighted by molar-refractivity contribution is -0.0893. The van der Waals surface area contributed by atoms with Crippen LogP contribution in [0.15, 0.2) is 120 Å². The Labute approximate surface area is 242 Å². The van der Waals surface area contributed by atoms with Crippen LogP contribution in [0.1, 0.15) is 27.7 Å². The van der Waals surface area contributed by atoms with Gasteiger partial charge >= 0.3 is 7.48 Å². The summed E-state index contributed by atoms with van der Waals surface area (Å²) in [4.78, 5) is 0. The van der Waals surface area contributed by atoms with E-state index in [0.717, 1.165) is 27.4 Å². The van der Waals surface area contributed by atoms with Crippen LogP contribution in [0.3, 0.4) is 0 Å². The molecule has 1 radical (unpaired) electrons. The van der Waals surface area contributed by atoms with Crippen LogP contribution in [0.5, 0.6) is 0 Å². The summed E-state index contributed by atoms with van der Waals surface area (Å²) in [5.41, 5.74) is 3.72. The van der Waals surface area contributed by atoms with Crippen molar-refractivity contribution in [1.29, 1.82) is 0 Å². The number of hydrogen-bond acceptors (Lipinski definition) is 3. The summed E-state index contributed by atoms with van der Waals surface area (Å²) in [6.45, 7) is 7.35. The first-order chi connectivity index (χ1) is 19.7. The molecule has 5 heteroatoms. The normalized spacial score (nSPS) is 14.3. The van der Waals surface area contributed by atoms with Crippen molar-refractivity contribution >= 4 is 63.7 Å². The maximum Gasteiger partial charge on any atom is 0.330 e. The van der Waals surface area contributed by atoms with Crippen molar-refractivity contribution in [2.75, 3.05) is 0 Å². The standard InChI is InChI=1S/C36H32BO3Si/c1-35(2,38)36(3,4)40-37-24-17-19-25(20-18-24)41(33-15-9-6-12-28(33)29-13-7-10-16-34(29)41)26-21-22-32-30(23-26)27-11-5-8-14-31(27)39-32/h5-23,38H,1-4H3. The second-order valence-electron chi connectivity index (χ2n) is 12.1. The zero-order valence-corrected chi connectivity index (χ0v) is 24.8. The molecule has 3 nitrogen and oxygen atoms in total. The van der Waals surface area contributed by atoms with Crippen molar-refractivity contribution < 1.29 is 14.2 Å². The lowest BCUT2D eigenvalue weighted by atomic mass is 9.83. The molecule has 6 aromatic rings. The zero-order valence-electron chi connectivity index (χ0n) is 23.8. The Morgan fingerprint density at radius 3 is 1.85 bits per heavy atom. The minimum absolute atomic E-state index is 0.728. The fourth-order valence-electron chi connectivity index (χ4n) is 6.15. The second kappa shape index (κ2) is 9.32. The number of aliphatic hydroxyl groups is 1. The Morgan fingerprint density at radius 2 is 1.20 bits per heavy atom. The van der Waals surface area contributed by atoms with Gasteiger partial charge in [-0.15, -0.1) is 0 Å². The fraction of sp³-hybridized carbons (Fsp3) is 0.167. The molecule has 0 saturated carbocycles. The van der Waals surface area contributed by atoms with Crippen molar-refractivity contribution in [2.24, 2.45) is 0 Å². The van der Waals surface area contributed by atoms with Crippen molar-refractivity contribution in [1.82, 2.24) is 0 Å². The van der Waals surface area contributed by atoms with E-state index in [-0.39, 0.29) is 0 Å². The maximum atomic E-state index is 10.5. The highest BCUT2D eigenvalue weighted by molar-refractivity contribution is 7.22. The molecule has 1 aromatic heterocycles. The van der Waals surface area contributed by atoms with Crippen LogP contribution in [0, 0.1) is 0 Å². The van der Waals surface area contributed by atoms with Crippen LogP contribution in [0.25, 0.3) is 33.1 Å². The molecular weight excluding hydrogens is 519 g/mol. The lowest BCUT2D eigenvalue weighted by Crippen LogP contribution is -2.72. The summed E-state index contributed by atoms with van der Waals surface area (Å²) in [5, 5.41) is 18.3. The first kappa shape index (κ1) is 26.0. The Morgan fingerprint density at radius 1 is 0.634 bits per heavy atom. The van der Waals surface area contributed by atoms with Crippen LogP contribution in [-0.4, -0.2) is 31.9 Å². The van der Waals surface area contributed by atoms with Crippen molar-refractivity contribution in [3.63, 3.8) is 0 Å². The van der Waals surface area contributed by atoms with Gasteiger partial charge < -0.3 is 14.2 Å². The predicted molar refractivity (Wildman–Crippen MR) is 173 cm³/mol. The van der Waals surface area contributed by atoms with Crippen LogP contribution in [0.4, 0.5) is 0 Å². The van der Waals surface area contributed by atoms with Gasteiger partial charge in [-0.3, -0.25) is 0 Å². The highest BCUT2D eigenvalue weighted by Crippen LogP contribution is 2.32. The third kappa shape index (κ3) is 3.95. The molecule has 41 heavy (non-hydrogen) atoms. The van der Waals surface area contributed by atoms with Gasteiger partial charge in [0.25, 0.3) is 0 Å². The fourth-order valence-corrected chi connectivity index (χ4v) is 11.3. The summed E-state index contributed by atoms with van der Waals surface area (Å²) in [5.74, 6) is 0. The van der Waals surface area contributed by atoms with Gasteiger partial charge in [0.2, 0.25) is 0 Å². The number of fused-ring (bicyclic) bond motifs is 6. The highest BCUT2D eigenvalue weighted by atomic mass is 28.3. The molecule has 1 aliphatic heterocycles. The van der Waals surface area contributed by atoms with Gasteiger partial charge in [0.1, 0.15) is 11.2 Å². The van der Waals surface area contributed by atoms with E-state index >= 15 is 0 Å². The van der Waals surface area contributed by atoms with E-state index in [1.165, 1.54) is 31.9 Å². The number of furan rings is 1. The quantitative estimate of drug-likeness (QED) is 0.304. The second-order valence-corrected chi connectivity index (χ2v) is 15.8. The zero-order chi connectivity index (χ0) is 28.4. The van der Waals surface area contributed by atoms with E-state index in [4.69, 9.17) is 9.07 Å². The van der Waals surface area contributed by atoms with Crippen LogP contribution in [0.2, 0.25) is 0 Å². The molecule has 0 saturated heterocycles. The van der Waals surface area contributed by atoms with Gasteiger partial charge in [0.05, 0.1) is 11.2 Å². The molecule has 1 aliphatic rings. The molecule has 201 valence electrons. The molecule has 0 amide bonds. The minimum atomic E-state index is -2.65. The lowest BCUT2D eigenvalue weighted by Gasteiger charge is -2.37.